The van der Waals surface area contributed by atoms with E-state index in [1.165, 1.54) is 0 Å². The van der Waals surface area contributed by atoms with Gasteiger partial charge in [-0.1, -0.05) is 60.7 Å². The Morgan fingerprint density at radius 1 is 0.806 bits per heavy atom. The highest BCUT2D eigenvalue weighted by molar-refractivity contribution is 6.14. The van der Waals surface area contributed by atoms with Crippen molar-refractivity contribution in [1.82, 2.24) is 0 Å². The number of benzene rings is 4. The maximum absolute atomic E-state index is 10.1. The molecule has 0 fully saturated rings. The minimum Gasteiger partial charge on any atom is -0.454 e. The molecular weight excluding hydrogens is 440 g/mol. The molecule has 0 amide bonds. The van der Waals surface area contributed by atoms with Gasteiger partial charge < -0.3 is 4.42 Å². The number of nitrogens with zero attached hydrogens (tertiary/aromatic N) is 2. The van der Waals surface area contributed by atoms with E-state index in [2.05, 4.69) is 6.07 Å². The maximum atomic E-state index is 10.1. The molecule has 0 saturated carbocycles. The van der Waals surface area contributed by atoms with Gasteiger partial charge in [-0.3, -0.25) is 0 Å². The predicted octanol–water partition coefficient (Wildman–Crippen LogP) is 7.90. The van der Waals surface area contributed by atoms with Crippen LogP contribution in [0, 0.1) is 25.1 Å². The van der Waals surface area contributed by atoms with E-state index >= 15 is 0 Å². The van der Waals surface area contributed by atoms with E-state index in [4.69, 9.17) is 9.90 Å². The van der Waals surface area contributed by atoms with Crippen LogP contribution in [0.2, 0.25) is 0 Å². The Bertz CT molecular complexity index is 1980. The van der Waals surface area contributed by atoms with Crippen molar-refractivity contribution in [1.29, 1.82) is 5.26 Å². The van der Waals surface area contributed by atoms with Crippen molar-refractivity contribution in [3.05, 3.63) is 114 Å². The largest absolute Gasteiger partial charge is 0.454 e. The lowest BCUT2D eigenvalue weighted by atomic mass is 9.92. The van der Waals surface area contributed by atoms with E-state index in [1.54, 1.807) is 18.2 Å². The van der Waals surface area contributed by atoms with Gasteiger partial charge in [-0.25, -0.2) is 4.57 Å². The van der Waals surface area contributed by atoms with Crippen molar-refractivity contribution in [3.63, 3.8) is 0 Å². The second-order valence-electron chi connectivity index (χ2n) is 8.94. The standard InChI is InChI=1S/C33H25N2O/c1-21-12-15-27-28-17-14-25(20-34)31(24-13-16-26(22(2)19-24)23-9-5-4-6-10-23)33(28)36-32(27)30(21)29-11-7-8-18-35(29)3/h4-19H,1-3H3/q+1/i2D3,18D. The number of pyridine rings is 1. The van der Waals surface area contributed by atoms with Gasteiger partial charge >= 0.3 is 0 Å². The van der Waals surface area contributed by atoms with E-state index in [9.17, 15) is 5.26 Å². The zero-order valence-corrected chi connectivity index (χ0v) is 20.0. The molecule has 2 aromatic heterocycles. The van der Waals surface area contributed by atoms with Gasteiger partial charge in [0.05, 0.1) is 17.2 Å². The lowest BCUT2D eigenvalue weighted by Gasteiger charge is -2.11. The van der Waals surface area contributed by atoms with Gasteiger partial charge in [-0.15, -0.1) is 0 Å². The molecule has 172 valence electrons. The van der Waals surface area contributed by atoms with Crippen molar-refractivity contribution in [2.24, 2.45) is 7.05 Å². The van der Waals surface area contributed by atoms with Crippen LogP contribution in [0.4, 0.5) is 0 Å². The Hall–Kier alpha value is -4.68. The summed E-state index contributed by atoms with van der Waals surface area (Å²) < 4.78 is 41.6. The number of nitriles is 1. The van der Waals surface area contributed by atoms with Gasteiger partial charge in [0.1, 0.15) is 19.6 Å². The maximum Gasteiger partial charge on any atom is 0.216 e. The SMILES string of the molecule is [2H]c1cccc(-c2c(C)ccc3c2oc2c(-c4ccc(-c5ccccc5)c(C([2H])([2H])[2H])c4)c(C#N)ccc23)[n+]1C. The Morgan fingerprint density at radius 2 is 1.56 bits per heavy atom. The summed E-state index contributed by atoms with van der Waals surface area (Å²) in [5.74, 6) is 0. The first kappa shape index (κ1) is 17.7. The fourth-order valence-electron chi connectivity index (χ4n) is 5.00. The molecule has 0 unspecified atom stereocenters. The van der Waals surface area contributed by atoms with Crippen LogP contribution in [0.1, 0.15) is 22.2 Å². The number of hydrogen-bond acceptors (Lipinski definition) is 2. The van der Waals surface area contributed by atoms with Crippen molar-refractivity contribution in [2.45, 2.75) is 13.8 Å². The summed E-state index contributed by atoms with van der Waals surface area (Å²) >= 11 is 0. The Balaban J connectivity index is 1.67. The molecular formula is C33H25N2O+. The van der Waals surface area contributed by atoms with Crippen LogP contribution in [0.15, 0.2) is 102 Å². The normalized spacial score (nSPS) is 13.1. The molecule has 6 aromatic rings. The molecule has 0 aliphatic heterocycles. The zero-order valence-electron chi connectivity index (χ0n) is 24.0. The lowest BCUT2D eigenvalue weighted by Crippen LogP contribution is -2.30. The highest BCUT2D eigenvalue weighted by Crippen LogP contribution is 2.42. The molecule has 0 atom stereocenters. The molecule has 0 aliphatic rings. The molecule has 0 radical (unpaired) electrons. The predicted molar refractivity (Wildman–Crippen MR) is 145 cm³/mol. The fraction of sp³-hybridized carbons (Fsp3) is 0.0909. The van der Waals surface area contributed by atoms with Crippen molar-refractivity contribution >= 4 is 21.9 Å². The van der Waals surface area contributed by atoms with Gasteiger partial charge in [-0.05, 0) is 59.8 Å². The second kappa shape index (κ2) is 8.52. The molecule has 0 saturated heterocycles. The van der Waals surface area contributed by atoms with Gasteiger partial charge in [0, 0.05) is 32.6 Å². The number of rotatable bonds is 3. The molecule has 0 spiro atoms. The van der Waals surface area contributed by atoms with E-state index < -0.39 is 6.85 Å². The van der Waals surface area contributed by atoms with Crippen LogP contribution in [0.25, 0.3) is 55.4 Å². The summed E-state index contributed by atoms with van der Waals surface area (Å²) in [5, 5.41) is 11.8. The molecule has 3 nitrogen and oxygen atoms in total. The lowest BCUT2D eigenvalue weighted by molar-refractivity contribution is -0.660. The molecule has 0 aliphatic carbocycles. The summed E-state index contributed by atoms with van der Waals surface area (Å²) in [6, 6.07) is 30.3. The molecule has 3 heteroatoms. The first-order valence-corrected chi connectivity index (χ1v) is 11.7. The van der Waals surface area contributed by atoms with E-state index in [0.717, 1.165) is 33.2 Å². The molecule has 36 heavy (non-hydrogen) atoms. The minimum absolute atomic E-state index is 0.212. The first-order chi connectivity index (χ1) is 19.2. The average Bonchev–Trinajstić information content (AvgIpc) is 3.32. The van der Waals surface area contributed by atoms with Crippen LogP contribution in [-0.4, -0.2) is 0 Å². The Labute approximate surface area is 216 Å². The molecule has 2 heterocycles. The molecule has 0 N–H and O–H groups in total. The second-order valence-corrected chi connectivity index (χ2v) is 8.94. The number of furan rings is 1. The number of fused-ring (bicyclic) bond motifs is 3. The van der Waals surface area contributed by atoms with Gasteiger partial charge in [0.25, 0.3) is 0 Å². The van der Waals surface area contributed by atoms with Crippen LogP contribution >= 0.6 is 0 Å². The molecule has 0 bridgehead atoms. The van der Waals surface area contributed by atoms with Crippen molar-refractivity contribution in [2.75, 3.05) is 0 Å². The van der Waals surface area contributed by atoms with Crippen molar-refractivity contribution in [3.8, 4) is 39.6 Å². The number of aromatic nitrogens is 1. The fourth-order valence-corrected chi connectivity index (χ4v) is 5.00. The van der Waals surface area contributed by atoms with Gasteiger partial charge in [0.2, 0.25) is 5.69 Å². The summed E-state index contributed by atoms with van der Waals surface area (Å²) in [6.07, 6.45) is 0.369. The highest BCUT2D eigenvalue weighted by Gasteiger charge is 2.23. The van der Waals surface area contributed by atoms with E-state index in [1.807, 2.05) is 91.3 Å². The smallest absolute Gasteiger partial charge is 0.216 e. The third-order valence-corrected chi connectivity index (χ3v) is 6.77. The first-order valence-electron chi connectivity index (χ1n) is 13.7. The Kier molecular flexibility index (Phi) is 4.19. The van der Waals surface area contributed by atoms with Crippen LogP contribution in [-0.2, 0) is 7.05 Å². The topological polar surface area (TPSA) is 40.8 Å². The van der Waals surface area contributed by atoms with Crippen LogP contribution < -0.4 is 4.57 Å². The highest BCUT2D eigenvalue weighted by atomic mass is 16.3. The van der Waals surface area contributed by atoms with Gasteiger partial charge in [0.15, 0.2) is 6.17 Å². The van der Waals surface area contributed by atoms with Crippen LogP contribution in [0.5, 0.6) is 0 Å². The summed E-state index contributed by atoms with van der Waals surface area (Å²) in [6.45, 7) is -0.360. The minimum atomic E-state index is -2.37. The average molecular weight is 470 g/mol. The quantitative estimate of drug-likeness (QED) is 0.247. The molecule has 6 rings (SSSR count). The van der Waals surface area contributed by atoms with E-state index in [0.29, 0.717) is 39.6 Å². The third-order valence-electron chi connectivity index (χ3n) is 6.77. The van der Waals surface area contributed by atoms with Crippen molar-refractivity contribution < 1.29 is 14.5 Å². The zero-order chi connectivity index (χ0) is 28.2. The van der Waals surface area contributed by atoms with Gasteiger partial charge in [-0.2, -0.15) is 5.26 Å². The summed E-state index contributed by atoms with van der Waals surface area (Å²) in [7, 11) is 1.85. The van der Waals surface area contributed by atoms with E-state index in [-0.39, 0.29) is 5.56 Å². The van der Waals surface area contributed by atoms with Crippen LogP contribution in [0.3, 0.4) is 0 Å². The summed E-state index contributed by atoms with van der Waals surface area (Å²) in [5.41, 5.74) is 7.09. The number of hydrogen-bond donors (Lipinski definition) is 0. The Morgan fingerprint density at radius 3 is 2.33 bits per heavy atom. The summed E-state index contributed by atoms with van der Waals surface area (Å²) in [4.78, 5) is 0. The molecule has 4 aromatic carbocycles. The monoisotopic (exact) mass is 469 g/mol. The number of aryl methyl sites for hydroxylation is 2. The third kappa shape index (κ3) is 3.39.